The van der Waals surface area contributed by atoms with Crippen LogP contribution in [-0.2, 0) is 25.5 Å². The van der Waals surface area contributed by atoms with E-state index in [1.165, 1.54) is 18.2 Å². The zero-order chi connectivity index (χ0) is 33.5. The van der Waals surface area contributed by atoms with Crippen LogP contribution in [0.25, 0.3) is 0 Å². The summed E-state index contributed by atoms with van der Waals surface area (Å²) in [4.78, 5) is 45.0. The van der Waals surface area contributed by atoms with Crippen molar-refractivity contribution in [2.24, 2.45) is 5.73 Å². The minimum Gasteiger partial charge on any atom is -0.504 e. The number of nitrogens with zero attached hydrogens (tertiary/aromatic N) is 2. The summed E-state index contributed by atoms with van der Waals surface area (Å²) in [5.74, 6) is -2.29. The molecule has 0 fully saturated rings. The first kappa shape index (κ1) is 32.5. The summed E-state index contributed by atoms with van der Waals surface area (Å²) < 4.78 is 17.2. The van der Waals surface area contributed by atoms with Crippen molar-refractivity contribution in [3.8, 4) is 29.1 Å². The van der Waals surface area contributed by atoms with E-state index in [1.807, 2.05) is 18.3 Å². The maximum Gasteiger partial charge on any atom is 0.327 e. The Kier molecular flexibility index (Phi) is 10.0. The van der Waals surface area contributed by atoms with Gasteiger partial charge in [-0.05, 0) is 67.4 Å². The standard InChI is InChI=1S/C31H34N8O8/c1-2-45-24(43)9-4-16-12-18(27-34-10-3-11-35-27)14-19(13-16)46-30-25-28(36-20(29(44)37-25)6-8-23(41)42)38-31(39-30)47-22-15-17(26(32)33)5-7-21(22)40/h3,5,7,10,12-15,20,27,34-35,40H,2,4,6,8-9,11H2,1H3,(H3,32,33)(H,37,44)(H,41,42)(H,36,38,39). The lowest BCUT2D eigenvalue weighted by Gasteiger charge is -2.27. The number of esters is 1. The quantitative estimate of drug-likeness (QED) is 0.0756. The van der Waals surface area contributed by atoms with E-state index in [4.69, 9.17) is 30.5 Å². The zero-order valence-corrected chi connectivity index (χ0v) is 25.3. The lowest BCUT2D eigenvalue weighted by molar-refractivity contribution is -0.143. The Labute approximate surface area is 268 Å². The van der Waals surface area contributed by atoms with Gasteiger partial charge in [0, 0.05) is 24.9 Å². The van der Waals surface area contributed by atoms with Crippen LogP contribution in [0.2, 0.25) is 0 Å². The predicted octanol–water partition coefficient (Wildman–Crippen LogP) is 2.85. The highest BCUT2D eigenvalue weighted by atomic mass is 16.5. The topological polar surface area (TPSA) is 243 Å². The molecule has 0 bridgehead atoms. The third-order valence-corrected chi connectivity index (χ3v) is 7.13. The van der Waals surface area contributed by atoms with Gasteiger partial charge in [0.2, 0.25) is 5.91 Å². The predicted molar refractivity (Wildman–Crippen MR) is 169 cm³/mol. The minimum atomic E-state index is -1.07. The number of phenols is 1. The van der Waals surface area contributed by atoms with Gasteiger partial charge >= 0.3 is 17.9 Å². The summed E-state index contributed by atoms with van der Waals surface area (Å²) in [5, 5.41) is 39.5. The molecule has 2 aliphatic heterocycles. The number of carbonyl (C=O) groups excluding carboxylic acids is 2. The van der Waals surface area contributed by atoms with Gasteiger partial charge in [0.05, 0.1) is 6.61 Å². The molecule has 2 aromatic carbocycles. The molecule has 0 saturated carbocycles. The van der Waals surface area contributed by atoms with Gasteiger partial charge in [-0.25, -0.2) is 0 Å². The van der Waals surface area contributed by atoms with Crippen LogP contribution in [0.1, 0.15) is 49.0 Å². The van der Waals surface area contributed by atoms with E-state index in [0.29, 0.717) is 18.7 Å². The Morgan fingerprint density at radius 2 is 1.96 bits per heavy atom. The summed E-state index contributed by atoms with van der Waals surface area (Å²) in [6.07, 6.45) is 3.69. The van der Waals surface area contributed by atoms with E-state index < -0.39 is 17.9 Å². The molecular weight excluding hydrogens is 612 g/mol. The van der Waals surface area contributed by atoms with Crippen molar-refractivity contribution >= 4 is 35.2 Å². The number of anilines is 2. The number of fused-ring (bicyclic) bond motifs is 1. The van der Waals surface area contributed by atoms with E-state index in [9.17, 15) is 19.5 Å². The first-order chi connectivity index (χ1) is 22.6. The number of benzene rings is 2. The van der Waals surface area contributed by atoms with E-state index in [-0.39, 0.29) is 84.3 Å². The van der Waals surface area contributed by atoms with Crippen LogP contribution < -0.4 is 36.5 Å². The molecule has 2 aliphatic rings. The molecule has 3 aromatic rings. The number of amides is 1. The first-order valence-electron chi connectivity index (χ1n) is 14.8. The van der Waals surface area contributed by atoms with Crippen LogP contribution in [-0.4, -0.2) is 63.1 Å². The summed E-state index contributed by atoms with van der Waals surface area (Å²) >= 11 is 0. The van der Waals surface area contributed by atoms with Crippen LogP contribution in [0.15, 0.2) is 48.7 Å². The number of aromatic hydroxyl groups is 1. The molecule has 0 spiro atoms. The van der Waals surface area contributed by atoms with Crippen molar-refractivity contribution in [1.29, 1.82) is 5.41 Å². The molecule has 246 valence electrons. The molecule has 9 N–H and O–H groups in total. The van der Waals surface area contributed by atoms with Gasteiger partial charge in [0.1, 0.15) is 29.5 Å². The maximum absolute atomic E-state index is 13.0. The molecular formula is C31H34N8O8. The molecule has 5 rings (SSSR count). The number of aromatic nitrogens is 2. The number of nitrogens with one attached hydrogen (secondary N) is 5. The van der Waals surface area contributed by atoms with Crippen LogP contribution >= 0.6 is 0 Å². The number of rotatable bonds is 13. The van der Waals surface area contributed by atoms with Crippen molar-refractivity contribution in [1.82, 2.24) is 20.6 Å². The molecule has 2 unspecified atom stereocenters. The van der Waals surface area contributed by atoms with E-state index in [1.54, 1.807) is 19.1 Å². The van der Waals surface area contributed by atoms with Crippen molar-refractivity contribution < 1.29 is 38.8 Å². The Hall–Kier alpha value is -5.90. The largest absolute Gasteiger partial charge is 0.504 e. The number of nitrogens with two attached hydrogens (primary N) is 1. The monoisotopic (exact) mass is 646 g/mol. The summed E-state index contributed by atoms with van der Waals surface area (Å²) in [7, 11) is 0. The van der Waals surface area contributed by atoms with Gasteiger partial charge in [-0.1, -0.05) is 12.1 Å². The molecule has 1 aromatic heterocycles. The van der Waals surface area contributed by atoms with E-state index in [0.717, 1.165) is 11.1 Å². The van der Waals surface area contributed by atoms with Gasteiger partial charge in [0.25, 0.3) is 5.88 Å². The third kappa shape index (κ3) is 8.23. The number of ether oxygens (including phenoxy) is 3. The number of aliphatic carboxylic acids is 1. The smallest absolute Gasteiger partial charge is 0.327 e. The Balaban J connectivity index is 1.53. The van der Waals surface area contributed by atoms with Gasteiger partial charge in [-0.15, -0.1) is 0 Å². The molecule has 1 amide bonds. The normalized spacial score (nSPS) is 16.6. The molecule has 16 nitrogen and oxygen atoms in total. The number of aryl methyl sites for hydroxylation is 1. The molecule has 0 radical (unpaired) electrons. The van der Waals surface area contributed by atoms with Crippen LogP contribution in [0.5, 0.6) is 29.1 Å². The SMILES string of the molecule is CCOC(=O)CCc1cc(Oc2nc(Oc3cc(C(=N)N)ccc3O)nc3c2NC(=O)C(CCC(=O)O)N3)cc(C2NC=CCN2)c1. The average molecular weight is 647 g/mol. The second-order valence-corrected chi connectivity index (χ2v) is 10.6. The Morgan fingerprint density at radius 1 is 1.13 bits per heavy atom. The molecule has 0 aliphatic carbocycles. The zero-order valence-electron chi connectivity index (χ0n) is 25.3. The molecule has 2 atom stereocenters. The fourth-order valence-electron chi connectivity index (χ4n) is 4.86. The summed E-state index contributed by atoms with van der Waals surface area (Å²) in [6, 6.07) is 8.27. The number of nitrogen functional groups attached to an aromatic ring is 1. The van der Waals surface area contributed by atoms with Crippen molar-refractivity contribution in [2.45, 2.75) is 44.8 Å². The van der Waals surface area contributed by atoms with Gasteiger partial charge in [-0.2, -0.15) is 9.97 Å². The fraction of sp³-hybridized carbons (Fsp3) is 0.290. The van der Waals surface area contributed by atoms with E-state index >= 15 is 0 Å². The molecule has 3 heterocycles. The molecule has 47 heavy (non-hydrogen) atoms. The second kappa shape index (κ2) is 14.5. The number of carbonyl (C=O) groups is 3. The molecule has 0 saturated heterocycles. The van der Waals surface area contributed by atoms with Gasteiger partial charge in [0.15, 0.2) is 17.3 Å². The van der Waals surface area contributed by atoms with Crippen molar-refractivity contribution in [2.75, 3.05) is 23.8 Å². The van der Waals surface area contributed by atoms with Crippen molar-refractivity contribution in [3.05, 3.63) is 65.4 Å². The Bertz CT molecular complexity index is 1730. The molecule has 16 heteroatoms. The van der Waals surface area contributed by atoms with Crippen LogP contribution in [0, 0.1) is 5.41 Å². The number of carboxylic acids is 1. The highest BCUT2D eigenvalue weighted by molar-refractivity contribution is 6.03. The summed E-state index contributed by atoms with van der Waals surface area (Å²) in [6.45, 7) is 2.63. The highest BCUT2D eigenvalue weighted by Crippen LogP contribution is 2.40. The van der Waals surface area contributed by atoms with E-state index in [2.05, 4.69) is 31.2 Å². The summed E-state index contributed by atoms with van der Waals surface area (Å²) in [5.41, 5.74) is 7.52. The lowest BCUT2D eigenvalue weighted by atomic mass is 10.0. The minimum absolute atomic E-state index is 0.0276. The average Bonchev–Trinajstić information content (AvgIpc) is 3.04. The fourth-order valence-corrected chi connectivity index (χ4v) is 4.86. The first-order valence-corrected chi connectivity index (χ1v) is 14.8. The highest BCUT2D eigenvalue weighted by Gasteiger charge is 2.31. The number of hydrogen-bond acceptors (Lipinski definition) is 13. The number of amidine groups is 1. The van der Waals surface area contributed by atoms with Crippen LogP contribution in [0.4, 0.5) is 11.5 Å². The lowest BCUT2D eigenvalue weighted by Crippen LogP contribution is -2.39. The van der Waals surface area contributed by atoms with Crippen LogP contribution in [0.3, 0.4) is 0 Å². The maximum atomic E-state index is 13.0. The number of carboxylic acid groups (broad SMARTS) is 1. The third-order valence-electron chi connectivity index (χ3n) is 7.13. The van der Waals surface area contributed by atoms with Gasteiger partial charge in [-0.3, -0.25) is 25.1 Å². The Morgan fingerprint density at radius 3 is 2.68 bits per heavy atom. The van der Waals surface area contributed by atoms with Gasteiger partial charge < -0.3 is 46.1 Å². The number of phenolic OH excluding ortho intramolecular Hbond substituents is 1. The second-order valence-electron chi connectivity index (χ2n) is 10.6. The number of hydrogen-bond donors (Lipinski definition) is 8. The van der Waals surface area contributed by atoms with Crippen molar-refractivity contribution in [3.63, 3.8) is 0 Å².